The van der Waals surface area contributed by atoms with E-state index in [4.69, 9.17) is 4.98 Å². The summed E-state index contributed by atoms with van der Waals surface area (Å²) in [5.41, 5.74) is 0.662. The maximum Gasteiger partial charge on any atom is 0.262 e. The highest BCUT2D eigenvalue weighted by Crippen LogP contribution is 2.19. The summed E-state index contributed by atoms with van der Waals surface area (Å²) in [6, 6.07) is 8.17. The molecule has 0 atom stereocenters. The highest BCUT2D eigenvalue weighted by atomic mass is 32.2. The standard InChI is InChI=1S/C20H32N4O3S2/c1-15(2)23(16(3)4)12-13-24-19(25)17-9-6-7-10-18(17)22-20(24)28-14-8-11-21-29(5,26)27/h6-7,9-10,15-16,21H,8,11-14H2,1-5H3. The van der Waals surface area contributed by atoms with Gasteiger partial charge in [-0.2, -0.15) is 0 Å². The number of benzene rings is 1. The summed E-state index contributed by atoms with van der Waals surface area (Å²) in [5, 5.41) is 1.30. The van der Waals surface area contributed by atoms with Crippen LogP contribution in [-0.2, 0) is 16.6 Å². The number of hydrogen-bond acceptors (Lipinski definition) is 6. The van der Waals surface area contributed by atoms with E-state index in [9.17, 15) is 13.2 Å². The van der Waals surface area contributed by atoms with Crippen molar-refractivity contribution in [2.75, 3.05) is 25.1 Å². The Balaban J connectivity index is 2.22. The summed E-state index contributed by atoms with van der Waals surface area (Å²) < 4.78 is 26.6. The van der Waals surface area contributed by atoms with Gasteiger partial charge in [0.05, 0.1) is 17.2 Å². The van der Waals surface area contributed by atoms with E-state index < -0.39 is 10.0 Å². The Morgan fingerprint density at radius 1 is 1.17 bits per heavy atom. The second-order valence-corrected chi connectivity index (χ2v) is 10.6. The molecule has 0 amide bonds. The van der Waals surface area contributed by atoms with Crippen LogP contribution < -0.4 is 10.3 Å². The first-order valence-corrected chi connectivity index (χ1v) is 12.8. The van der Waals surface area contributed by atoms with Crippen LogP contribution in [-0.4, -0.2) is 60.1 Å². The third-order valence-electron chi connectivity index (χ3n) is 4.65. The molecule has 1 N–H and O–H groups in total. The highest BCUT2D eigenvalue weighted by Gasteiger charge is 2.16. The van der Waals surface area contributed by atoms with E-state index in [2.05, 4.69) is 37.3 Å². The molecule has 9 heteroatoms. The summed E-state index contributed by atoms with van der Waals surface area (Å²) in [7, 11) is -3.18. The number of rotatable bonds is 11. The number of thioether (sulfide) groups is 1. The topological polar surface area (TPSA) is 84.3 Å². The predicted octanol–water partition coefficient (Wildman–Crippen LogP) is 2.55. The number of para-hydroxylation sites is 1. The van der Waals surface area contributed by atoms with Crippen LogP contribution in [0.15, 0.2) is 34.2 Å². The van der Waals surface area contributed by atoms with Crippen molar-refractivity contribution < 1.29 is 8.42 Å². The minimum Gasteiger partial charge on any atom is -0.297 e. The molecule has 0 spiro atoms. The van der Waals surface area contributed by atoms with E-state index in [-0.39, 0.29) is 5.56 Å². The average molecular weight is 441 g/mol. The minimum absolute atomic E-state index is 0.0279. The summed E-state index contributed by atoms with van der Waals surface area (Å²) in [6.45, 7) is 10.3. The predicted molar refractivity (Wildman–Crippen MR) is 121 cm³/mol. The second kappa shape index (κ2) is 10.6. The Kier molecular flexibility index (Phi) is 8.69. The normalized spacial score (nSPS) is 12.6. The summed E-state index contributed by atoms with van der Waals surface area (Å²) >= 11 is 1.49. The highest BCUT2D eigenvalue weighted by molar-refractivity contribution is 7.99. The molecule has 0 fully saturated rings. The van der Waals surface area contributed by atoms with Gasteiger partial charge in [0.25, 0.3) is 5.56 Å². The first-order chi connectivity index (χ1) is 13.6. The van der Waals surface area contributed by atoms with E-state index in [1.165, 1.54) is 11.8 Å². The van der Waals surface area contributed by atoms with E-state index in [1.54, 1.807) is 4.57 Å². The van der Waals surface area contributed by atoms with Crippen LogP contribution in [0.1, 0.15) is 34.1 Å². The SMILES string of the molecule is CC(C)N(CCn1c(SCCCNS(C)(=O)=O)nc2ccccc2c1=O)C(C)C. The molecule has 0 saturated heterocycles. The zero-order valence-corrected chi connectivity index (χ0v) is 19.5. The van der Waals surface area contributed by atoms with Crippen molar-refractivity contribution in [3.63, 3.8) is 0 Å². The molecule has 0 radical (unpaired) electrons. The molecule has 2 rings (SSSR count). The van der Waals surface area contributed by atoms with Gasteiger partial charge in [0.2, 0.25) is 10.0 Å². The van der Waals surface area contributed by atoms with Crippen LogP contribution in [0.5, 0.6) is 0 Å². The monoisotopic (exact) mass is 440 g/mol. The molecule has 162 valence electrons. The molecule has 7 nitrogen and oxygen atoms in total. The van der Waals surface area contributed by atoms with Gasteiger partial charge in [0, 0.05) is 37.5 Å². The smallest absolute Gasteiger partial charge is 0.262 e. The van der Waals surface area contributed by atoms with Gasteiger partial charge < -0.3 is 0 Å². The van der Waals surface area contributed by atoms with Crippen molar-refractivity contribution in [3.05, 3.63) is 34.6 Å². The quantitative estimate of drug-likeness (QED) is 0.328. The molecule has 0 aliphatic carbocycles. The fourth-order valence-electron chi connectivity index (χ4n) is 3.28. The first-order valence-electron chi connectivity index (χ1n) is 9.93. The maximum atomic E-state index is 13.1. The molecule has 1 aromatic heterocycles. The van der Waals surface area contributed by atoms with Gasteiger partial charge in [0.15, 0.2) is 5.16 Å². The number of aromatic nitrogens is 2. The van der Waals surface area contributed by atoms with Crippen LogP contribution in [0, 0.1) is 0 Å². The van der Waals surface area contributed by atoms with E-state index in [1.807, 2.05) is 24.3 Å². The average Bonchev–Trinajstić information content (AvgIpc) is 2.62. The van der Waals surface area contributed by atoms with Crippen molar-refractivity contribution in [1.82, 2.24) is 19.2 Å². The Bertz CT molecular complexity index is 963. The minimum atomic E-state index is -3.18. The summed E-state index contributed by atoms with van der Waals surface area (Å²) in [5.74, 6) is 0.672. The molecule has 0 unspecified atom stereocenters. The van der Waals surface area contributed by atoms with Gasteiger partial charge in [-0.3, -0.25) is 14.3 Å². The Labute approximate surface area is 177 Å². The first kappa shape index (κ1) is 23.9. The summed E-state index contributed by atoms with van der Waals surface area (Å²) in [4.78, 5) is 20.2. The number of nitrogens with one attached hydrogen (secondary N) is 1. The third-order valence-corrected chi connectivity index (χ3v) is 6.44. The molecule has 1 heterocycles. The van der Waals surface area contributed by atoms with Crippen LogP contribution in [0.4, 0.5) is 0 Å². The molecule has 2 aromatic rings. The Morgan fingerprint density at radius 3 is 2.45 bits per heavy atom. The third kappa shape index (κ3) is 7.09. The molecular weight excluding hydrogens is 408 g/mol. The van der Waals surface area contributed by atoms with Crippen LogP contribution in [0.3, 0.4) is 0 Å². The van der Waals surface area contributed by atoms with Crippen molar-refractivity contribution in [1.29, 1.82) is 0 Å². The van der Waals surface area contributed by atoms with E-state index in [0.29, 0.717) is 53.4 Å². The Hall–Kier alpha value is -1.42. The Morgan fingerprint density at radius 2 is 1.83 bits per heavy atom. The van der Waals surface area contributed by atoms with E-state index in [0.717, 1.165) is 12.8 Å². The molecule has 0 aliphatic rings. The number of nitrogens with zero attached hydrogens (tertiary/aromatic N) is 3. The lowest BCUT2D eigenvalue weighted by Crippen LogP contribution is -2.40. The second-order valence-electron chi connectivity index (χ2n) is 7.66. The van der Waals surface area contributed by atoms with Crippen LogP contribution in [0.25, 0.3) is 10.9 Å². The molecular formula is C20H32N4O3S2. The number of sulfonamides is 1. The van der Waals surface area contributed by atoms with Gasteiger partial charge in [-0.05, 0) is 46.2 Å². The van der Waals surface area contributed by atoms with Crippen molar-refractivity contribution in [2.45, 2.75) is 57.9 Å². The number of hydrogen-bond donors (Lipinski definition) is 1. The molecule has 1 aromatic carbocycles. The zero-order valence-electron chi connectivity index (χ0n) is 17.9. The van der Waals surface area contributed by atoms with Crippen LogP contribution in [0.2, 0.25) is 0 Å². The molecule has 0 aliphatic heterocycles. The largest absolute Gasteiger partial charge is 0.297 e. The fourth-order valence-corrected chi connectivity index (χ4v) is 4.76. The lowest BCUT2D eigenvalue weighted by Gasteiger charge is -2.30. The summed E-state index contributed by atoms with van der Waals surface area (Å²) in [6.07, 6.45) is 1.81. The van der Waals surface area contributed by atoms with Gasteiger partial charge in [0.1, 0.15) is 0 Å². The van der Waals surface area contributed by atoms with Gasteiger partial charge in [-0.1, -0.05) is 23.9 Å². The lowest BCUT2D eigenvalue weighted by molar-refractivity contribution is 0.166. The molecule has 29 heavy (non-hydrogen) atoms. The van der Waals surface area contributed by atoms with Gasteiger partial charge in [-0.25, -0.2) is 18.1 Å². The molecule has 0 saturated carbocycles. The molecule has 0 bridgehead atoms. The lowest BCUT2D eigenvalue weighted by atomic mass is 10.2. The van der Waals surface area contributed by atoms with Gasteiger partial charge >= 0.3 is 0 Å². The van der Waals surface area contributed by atoms with Gasteiger partial charge in [-0.15, -0.1) is 0 Å². The van der Waals surface area contributed by atoms with E-state index >= 15 is 0 Å². The van der Waals surface area contributed by atoms with Crippen molar-refractivity contribution >= 4 is 32.7 Å². The maximum absolute atomic E-state index is 13.1. The number of fused-ring (bicyclic) bond motifs is 1. The fraction of sp³-hybridized carbons (Fsp3) is 0.600. The van der Waals surface area contributed by atoms with Crippen LogP contribution >= 0.6 is 11.8 Å². The van der Waals surface area contributed by atoms with Crippen molar-refractivity contribution in [2.24, 2.45) is 0 Å². The zero-order chi connectivity index (χ0) is 21.6. The van der Waals surface area contributed by atoms with Crippen molar-refractivity contribution in [3.8, 4) is 0 Å².